The van der Waals surface area contributed by atoms with Crippen LogP contribution in [0.2, 0.25) is 5.15 Å². The first-order chi connectivity index (χ1) is 5.27. The summed E-state index contributed by atoms with van der Waals surface area (Å²) in [6.45, 7) is 0. The summed E-state index contributed by atoms with van der Waals surface area (Å²) >= 11 is 5.61. The highest BCUT2D eigenvalue weighted by molar-refractivity contribution is 6.29. The number of nitrogens with two attached hydrogens (primary N) is 1. The van der Waals surface area contributed by atoms with E-state index < -0.39 is 0 Å². The van der Waals surface area contributed by atoms with Crippen LogP contribution in [-0.2, 0) is 0 Å². The molecule has 0 saturated heterocycles. The van der Waals surface area contributed by atoms with Gasteiger partial charge in [-0.1, -0.05) is 11.6 Å². The van der Waals surface area contributed by atoms with E-state index >= 15 is 0 Å². The first-order valence-electron chi connectivity index (χ1n) is 2.89. The predicted octanol–water partition coefficient (Wildman–Crippen LogP) is 0.360. The zero-order valence-corrected chi connectivity index (χ0v) is 6.15. The summed E-state index contributed by atoms with van der Waals surface area (Å²) in [5, 5.41) is 4.14. The Kier molecular flexibility index (Phi) is 1.19. The lowest BCUT2D eigenvalue weighted by molar-refractivity contribution is 0.939. The van der Waals surface area contributed by atoms with Gasteiger partial charge < -0.3 is 5.73 Å². The van der Waals surface area contributed by atoms with E-state index in [0.717, 1.165) is 0 Å². The number of aromatic nitrogens is 4. The van der Waals surface area contributed by atoms with Gasteiger partial charge in [-0.3, -0.25) is 0 Å². The molecule has 0 unspecified atom stereocenters. The molecule has 56 valence electrons. The van der Waals surface area contributed by atoms with E-state index in [9.17, 15) is 0 Å². The van der Waals surface area contributed by atoms with Crippen LogP contribution in [0, 0.1) is 0 Å². The summed E-state index contributed by atoms with van der Waals surface area (Å²) in [5.41, 5.74) is 6.07. The van der Waals surface area contributed by atoms with Crippen LogP contribution in [0.3, 0.4) is 0 Å². The highest BCUT2D eigenvalue weighted by Crippen LogP contribution is 2.09. The quantitative estimate of drug-likeness (QED) is 0.579. The number of halogens is 1. The zero-order chi connectivity index (χ0) is 7.84. The maximum atomic E-state index is 5.61. The second kappa shape index (κ2) is 2.06. The van der Waals surface area contributed by atoms with Crippen molar-refractivity contribution in [3.8, 4) is 0 Å². The number of hydrogen-bond acceptors (Lipinski definition) is 4. The highest BCUT2D eigenvalue weighted by atomic mass is 35.5. The summed E-state index contributed by atoms with van der Waals surface area (Å²) in [6.07, 6.45) is 1.39. The molecule has 11 heavy (non-hydrogen) atoms. The molecule has 0 aliphatic carbocycles. The van der Waals surface area contributed by atoms with E-state index in [1.165, 1.54) is 10.8 Å². The van der Waals surface area contributed by atoms with Crippen LogP contribution >= 0.6 is 11.6 Å². The first-order valence-corrected chi connectivity index (χ1v) is 3.27. The molecule has 6 heteroatoms. The molecule has 2 aromatic rings. The minimum absolute atomic E-state index is 0.241. The summed E-state index contributed by atoms with van der Waals surface area (Å²) in [7, 11) is 0. The van der Waals surface area contributed by atoms with Crippen molar-refractivity contribution < 1.29 is 0 Å². The van der Waals surface area contributed by atoms with E-state index in [1.807, 2.05) is 0 Å². The number of nitrogens with zero attached hydrogens (tertiary/aromatic N) is 4. The molecular weight excluding hydrogens is 166 g/mol. The molecule has 0 atom stereocenters. The monoisotopic (exact) mass is 169 g/mol. The lowest BCUT2D eigenvalue weighted by Gasteiger charge is -1.95. The molecule has 0 aromatic carbocycles. The Hall–Kier alpha value is -1.36. The van der Waals surface area contributed by atoms with E-state index in [2.05, 4.69) is 15.1 Å². The lowest BCUT2D eigenvalue weighted by Crippen LogP contribution is -2.01. The summed E-state index contributed by atoms with van der Waals surface area (Å²) in [4.78, 5) is 7.67. The third kappa shape index (κ3) is 0.894. The van der Waals surface area contributed by atoms with Crippen LogP contribution in [0.15, 0.2) is 12.4 Å². The van der Waals surface area contributed by atoms with Gasteiger partial charge in [-0.2, -0.15) is 9.61 Å². The lowest BCUT2D eigenvalue weighted by atomic mass is 10.6. The minimum atomic E-state index is 0.241. The van der Waals surface area contributed by atoms with Crippen LogP contribution in [0.4, 0.5) is 5.95 Å². The summed E-state index contributed by atoms with van der Waals surface area (Å²) in [5.74, 6) is 0.241. The molecule has 0 aliphatic heterocycles. The number of hydrogen-bond donors (Lipinski definition) is 1. The molecular formula is C5H4ClN5. The van der Waals surface area contributed by atoms with Gasteiger partial charge in [-0.05, 0) is 0 Å². The fourth-order valence-electron chi connectivity index (χ4n) is 0.821. The van der Waals surface area contributed by atoms with Gasteiger partial charge in [-0.15, -0.1) is 0 Å². The van der Waals surface area contributed by atoms with Gasteiger partial charge in [0.05, 0.1) is 0 Å². The molecule has 2 rings (SSSR count). The number of fused-ring (bicyclic) bond motifs is 1. The molecule has 0 bridgehead atoms. The van der Waals surface area contributed by atoms with Gasteiger partial charge in [0.15, 0.2) is 5.65 Å². The van der Waals surface area contributed by atoms with E-state index in [1.54, 1.807) is 6.07 Å². The first kappa shape index (κ1) is 6.36. The van der Waals surface area contributed by atoms with Crippen LogP contribution < -0.4 is 5.73 Å². The molecule has 0 spiro atoms. The molecule has 0 amide bonds. The van der Waals surface area contributed by atoms with Crippen molar-refractivity contribution in [2.75, 3.05) is 5.73 Å². The molecule has 0 aliphatic rings. The van der Waals surface area contributed by atoms with Crippen molar-refractivity contribution in [2.45, 2.75) is 0 Å². The molecule has 2 aromatic heterocycles. The van der Waals surface area contributed by atoms with Crippen molar-refractivity contribution in [1.29, 1.82) is 0 Å². The second-order valence-corrected chi connectivity index (χ2v) is 2.35. The Morgan fingerprint density at radius 3 is 3.18 bits per heavy atom. The third-order valence-corrected chi connectivity index (χ3v) is 1.45. The Bertz CT molecular complexity index is 395. The van der Waals surface area contributed by atoms with Crippen molar-refractivity contribution >= 4 is 23.2 Å². The smallest absolute Gasteiger partial charge is 0.224 e. The van der Waals surface area contributed by atoms with Gasteiger partial charge in [0, 0.05) is 6.07 Å². The average molecular weight is 170 g/mol. The van der Waals surface area contributed by atoms with Crippen molar-refractivity contribution in [3.63, 3.8) is 0 Å². The fourth-order valence-corrected chi connectivity index (χ4v) is 1.01. The Morgan fingerprint density at radius 2 is 2.36 bits per heavy atom. The maximum absolute atomic E-state index is 5.61. The SMILES string of the molecule is Nc1nc(Cl)cc2ncnn12. The zero-order valence-electron chi connectivity index (χ0n) is 5.40. The van der Waals surface area contributed by atoms with Gasteiger partial charge in [-0.25, -0.2) is 9.97 Å². The van der Waals surface area contributed by atoms with Gasteiger partial charge in [0.25, 0.3) is 0 Å². The van der Waals surface area contributed by atoms with Crippen LogP contribution in [0.5, 0.6) is 0 Å². The largest absolute Gasteiger partial charge is 0.368 e. The molecule has 2 heterocycles. The Labute approximate surface area is 66.8 Å². The van der Waals surface area contributed by atoms with Crippen LogP contribution in [-0.4, -0.2) is 19.6 Å². The molecule has 0 saturated carbocycles. The number of anilines is 1. The number of nitrogen functional groups attached to an aromatic ring is 1. The molecule has 0 fully saturated rings. The standard InChI is InChI=1S/C5H4ClN5/c6-3-1-4-8-2-9-11(4)5(7)10-3/h1-2H,(H2,7,10). The number of rotatable bonds is 0. The Balaban J connectivity index is 2.91. The third-order valence-electron chi connectivity index (χ3n) is 1.26. The predicted molar refractivity (Wildman–Crippen MR) is 40.2 cm³/mol. The minimum Gasteiger partial charge on any atom is -0.368 e. The topological polar surface area (TPSA) is 69.1 Å². The van der Waals surface area contributed by atoms with E-state index in [4.69, 9.17) is 17.3 Å². The van der Waals surface area contributed by atoms with Gasteiger partial charge >= 0.3 is 0 Å². The molecule has 5 nitrogen and oxygen atoms in total. The van der Waals surface area contributed by atoms with Crippen molar-refractivity contribution in [2.24, 2.45) is 0 Å². The second-order valence-electron chi connectivity index (χ2n) is 1.97. The molecule has 2 N–H and O–H groups in total. The van der Waals surface area contributed by atoms with Crippen LogP contribution in [0.1, 0.15) is 0 Å². The van der Waals surface area contributed by atoms with Crippen molar-refractivity contribution in [3.05, 3.63) is 17.5 Å². The van der Waals surface area contributed by atoms with Crippen molar-refractivity contribution in [1.82, 2.24) is 19.6 Å². The molecule has 0 radical (unpaired) electrons. The van der Waals surface area contributed by atoms with Gasteiger partial charge in [0.1, 0.15) is 11.5 Å². The van der Waals surface area contributed by atoms with Crippen LogP contribution in [0.25, 0.3) is 5.65 Å². The fraction of sp³-hybridized carbons (Fsp3) is 0. The summed E-state index contributed by atoms with van der Waals surface area (Å²) < 4.78 is 1.41. The normalized spacial score (nSPS) is 10.6. The van der Waals surface area contributed by atoms with E-state index in [-0.39, 0.29) is 5.95 Å². The van der Waals surface area contributed by atoms with E-state index in [0.29, 0.717) is 10.8 Å². The van der Waals surface area contributed by atoms with Gasteiger partial charge in [0.2, 0.25) is 5.95 Å². The summed E-state index contributed by atoms with van der Waals surface area (Å²) in [6, 6.07) is 1.59. The highest BCUT2D eigenvalue weighted by Gasteiger charge is 2.01. The average Bonchev–Trinajstić information content (AvgIpc) is 2.34. The Morgan fingerprint density at radius 1 is 1.55 bits per heavy atom. The maximum Gasteiger partial charge on any atom is 0.224 e.